The van der Waals surface area contributed by atoms with Crippen LogP contribution in [-0.2, 0) is 14.3 Å². The second-order valence-electron chi connectivity index (χ2n) is 13.5. The number of nitrogens with zero attached hydrogens (tertiary/aromatic N) is 2. The minimum absolute atomic E-state index is 0.102. The van der Waals surface area contributed by atoms with E-state index in [9.17, 15) is 19.5 Å². The molecule has 3 aromatic carbocycles. The van der Waals surface area contributed by atoms with Crippen molar-refractivity contribution in [2.75, 3.05) is 0 Å². The van der Waals surface area contributed by atoms with Crippen LogP contribution in [0.15, 0.2) is 73.1 Å². The summed E-state index contributed by atoms with van der Waals surface area (Å²) in [6.45, 7) is 9.86. The van der Waals surface area contributed by atoms with E-state index >= 15 is 0 Å². The normalized spacial score (nSPS) is 18.1. The number of carboxylic acid groups (broad SMARTS) is 1. The molecule has 1 amide bonds. The van der Waals surface area contributed by atoms with Crippen molar-refractivity contribution in [1.29, 1.82) is 0 Å². The highest BCUT2D eigenvalue weighted by atomic mass is 16.6. The van der Waals surface area contributed by atoms with E-state index in [4.69, 9.17) is 4.74 Å². The van der Waals surface area contributed by atoms with Crippen molar-refractivity contribution in [2.45, 2.75) is 90.8 Å². The summed E-state index contributed by atoms with van der Waals surface area (Å²) in [5, 5.41) is 13.1. The van der Waals surface area contributed by atoms with Crippen molar-refractivity contribution in [3.05, 3.63) is 89.7 Å². The van der Waals surface area contributed by atoms with Crippen molar-refractivity contribution in [2.24, 2.45) is 11.8 Å². The maximum atomic E-state index is 13.9. The number of aliphatic carboxylic acids is 1. The molecule has 0 saturated heterocycles. The molecule has 0 spiro atoms. The summed E-state index contributed by atoms with van der Waals surface area (Å²) >= 11 is 0. The number of ether oxygens (including phenoxy) is 1. The molecule has 4 unspecified atom stereocenters. The number of hydrogen-bond acceptors (Lipinski definition) is 5. The van der Waals surface area contributed by atoms with Crippen LogP contribution in [0.4, 0.5) is 0 Å². The zero-order valence-electron chi connectivity index (χ0n) is 27.5. The number of hydrogen-bond donors (Lipinski definition) is 2. The van der Waals surface area contributed by atoms with Gasteiger partial charge in [-0.25, -0.2) is 9.78 Å². The van der Waals surface area contributed by atoms with Gasteiger partial charge in [0.05, 0.1) is 28.8 Å². The Bertz CT molecular complexity index is 1700. The number of imidazole rings is 1. The first-order chi connectivity index (χ1) is 22.0. The summed E-state index contributed by atoms with van der Waals surface area (Å²) in [6.07, 6.45) is 5.12. The van der Waals surface area contributed by atoms with Gasteiger partial charge in [-0.05, 0) is 81.2 Å². The molecular formula is C38H45N3O5. The molecule has 4 aromatic rings. The van der Waals surface area contributed by atoms with Crippen molar-refractivity contribution in [1.82, 2.24) is 14.9 Å². The Kier molecular flexibility index (Phi) is 9.94. The lowest BCUT2D eigenvalue weighted by molar-refractivity contribution is -0.145. The largest absolute Gasteiger partial charge is 0.481 e. The number of nitrogens with one attached hydrogen (secondary N) is 1. The fourth-order valence-corrected chi connectivity index (χ4v) is 6.55. The monoisotopic (exact) mass is 623 g/mol. The Balaban J connectivity index is 1.65. The van der Waals surface area contributed by atoms with Gasteiger partial charge in [0.2, 0.25) is 5.91 Å². The first kappa shape index (κ1) is 32.9. The highest BCUT2D eigenvalue weighted by molar-refractivity contribution is 5.99. The van der Waals surface area contributed by atoms with Gasteiger partial charge in [-0.15, -0.1) is 0 Å². The van der Waals surface area contributed by atoms with Crippen LogP contribution in [0, 0.1) is 11.8 Å². The minimum atomic E-state index is -0.845. The molecule has 1 aliphatic carbocycles. The molecule has 0 bridgehead atoms. The SMILES string of the molecule is CCC(C)c1ccc(-c2c(C(=O)OC(C)(C)C)cccc2C(NC(=O)CC2CCCCC2C(=O)O)n2cnc3ccccc32)cc1. The molecule has 0 radical (unpaired) electrons. The van der Waals surface area contributed by atoms with Gasteiger partial charge in [-0.2, -0.15) is 0 Å². The summed E-state index contributed by atoms with van der Waals surface area (Å²) in [7, 11) is 0. The van der Waals surface area contributed by atoms with E-state index in [0.29, 0.717) is 35.4 Å². The first-order valence-electron chi connectivity index (χ1n) is 16.4. The number of benzene rings is 3. The standard InChI is InChI=1S/C38H45N3O5/c1-6-24(2)25-18-20-26(21-19-25)34-29(14-11-15-30(34)37(45)46-38(3,4)5)35(41-23-39-31-16-9-10-17-32(31)41)40-33(42)22-27-12-7-8-13-28(27)36(43)44/h9-11,14-21,23-24,27-28,35H,6-8,12-13,22H2,1-5H3,(H,40,42)(H,43,44). The van der Waals surface area contributed by atoms with E-state index in [0.717, 1.165) is 35.9 Å². The maximum Gasteiger partial charge on any atom is 0.339 e. The molecule has 46 heavy (non-hydrogen) atoms. The predicted molar refractivity (Wildman–Crippen MR) is 179 cm³/mol. The molecular weight excluding hydrogens is 578 g/mol. The number of para-hydroxylation sites is 2. The summed E-state index contributed by atoms with van der Waals surface area (Å²) in [5.74, 6) is -1.95. The lowest BCUT2D eigenvalue weighted by Crippen LogP contribution is -2.37. The number of carbonyl (C=O) groups is 3. The second-order valence-corrected chi connectivity index (χ2v) is 13.5. The summed E-state index contributed by atoms with van der Waals surface area (Å²) in [5.41, 5.74) is 4.66. The van der Waals surface area contributed by atoms with Crippen LogP contribution in [0.25, 0.3) is 22.2 Å². The van der Waals surface area contributed by atoms with Crippen LogP contribution in [0.3, 0.4) is 0 Å². The molecule has 1 fully saturated rings. The third-order valence-corrected chi connectivity index (χ3v) is 9.12. The lowest BCUT2D eigenvalue weighted by atomic mass is 9.77. The lowest BCUT2D eigenvalue weighted by Gasteiger charge is -2.30. The van der Waals surface area contributed by atoms with E-state index in [-0.39, 0.29) is 18.2 Å². The molecule has 1 heterocycles. The van der Waals surface area contributed by atoms with E-state index in [1.54, 1.807) is 12.4 Å². The Labute approximate surface area is 271 Å². The van der Waals surface area contributed by atoms with Crippen LogP contribution in [0.2, 0.25) is 0 Å². The number of esters is 1. The molecule has 8 nitrogen and oxygen atoms in total. The van der Waals surface area contributed by atoms with Crippen LogP contribution < -0.4 is 5.32 Å². The number of fused-ring (bicyclic) bond motifs is 1. The van der Waals surface area contributed by atoms with Crippen molar-refractivity contribution < 1.29 is 24.2 Å². The van der Waals surface area contributed by atoms with E-state index in [1.165, 1.54) is 5.56 Å². The molecule has 4 atom stereocenters. The molecule has 1 aliphatic rings. The average Bonchev–Trinajstić information content (AvgIpc) is 3.46. The Morgan fingerprint density at radius 2 is 1.72 bits per heavy atom. The van der Waals surface area contributed by atoms with Gasteiger partial charge >= 0.3 is 11.9 Å². The van der Waals surface area contributed by atoms with Gasteiger partial charge in [0.1, 0.15) is 11.8 Å². The summed E-state index contributed by atoms with van der Waals surface area (Å²) < 4.78 is 7.79. The van der Waals surface area contributed by atoms with E-state index in [1.807, 2.05) is 73.9 Å². The third-order valence-electron chi connectivity index (χ3n) is 9.12. The fourth-order valence-electron chi connectivity index (χ4n) is 6.55. The maximum absolute atomic E-state index is 13.9. The molecule has 1 saturated carbocycles. The van der Waals surface area contributed by atoms with Gasteiger partial charge < -0.3 is 19.7 Å². The first-order valence-corrected chi connectivity index (χ1v) is 16.4. The van der Waals surface area contributed by atoms with Gasteiger partial charge in [0.25, 0.3) is 0 Å². The Hall–Kier alpha value is -4.46. The molecule has 242 valence electrons. The quantitative estimate of drug-likeness (QED) is 0.173. The molecule has 8 heteroatoms. The average molecular weight is 624 g/mol. The second kappa shape index (κ2) is 13.9. The van der Waals surface area contributed by atoms with Crippen LogP contribution >= 0.6 is 0 Å². The van der Waals surface area contributed by atoms with Crippen LogP contribution in [0.1, 0.15) is 107 Å². The zero-order chi connectivity index (χ0) is 33.0. The van der Waals surface area contributed by atoms with Crippen molar-refractivity contribution >= 4 is 28.9 Å². The topological polar surface area (TPSA) is 111 Å². The van der Waals surface area contributed by atoms with Crippen LogP contribution in [0.5, 0.6) is 0 Å². The summed E-state index contributed by atoms with van der Waals surface area (Å²) in [6, 6.07) is 21.4. The highest BCUT2D eigenvalue weighted by Gasteiger charge is 2.34. The Morgan fingerprint density at radius 3 is 2.41 bits per heavy atom. The molecule has 2 N–H and O–H groups in total. The van der Waals surface area contributed by atoms with Crippen molar-refractivity contribution in [3.8, 4) is 11.1 Å². The number of carbonyl (C=O) groups excluding carboxylic acids is 2. The van der Waals surface area contributed by atoms with E-state index in [2.05, 4.69) is 36.3 Å². The zero-order valence-corrected chi connectivity index (χ0v) is 27.5. The predicted octanol–water partition coefficient (Wildman–Crippen LogP) is 8.12. The number of amides is 1. The summed E-state index contributed by atoms with van der Waals surface area (Å²) in [4.78, 5) is 44.3. The molecule has 0 aliphatic heterocycles. The van der Waals surface area contributed by atoms with Gasteiger partial charge in [0.15, 0.2) is 0 Å². The minimum Gasteiger partial charge on any atom is -0.481 e. The van der Waals surface area contributed by atoms with Crippen molar-refractivity contribution in [3.63, 3.8) is 0 Å². The number of aromatic nitrogens is 2. The fraction of sp³-hybridized carbons (Fsp3) is 0.421. The van der Waals surface area contributed by atoms with Crippen LogP contribution in [-0.4, -0.2) is 38.1 Å². The van der Waals surface area contributed by atoms with Gasteiger partial charge in [-0.1, -0.05) is 75.2 Å². The number of carboxylic acids is 1. The third kappa shape index (κ3) is 7.33. The highest BCUT2D eigenvalue weighted by Crippen LogP contribution is 2.37. The van der Waals surface area contributed by atoms with E-state index < -0.39 is 29.6 Å². The number of rotatable bonds is 10. The molecule has 5 rings (SSSR count). The van der Waals surface area contributed by atoms with Gasteiger partial charge in [0, 0.05) is 17.5 Å². The van der Waals surface area contributed by atoms with Gasteiger partial charge in [-0.3, -0.25) is 9.59 Å². The Morgan fingerprint density at radius 1 is 1.00 bits per heavy atom. The smallest absolute Gasteiger partial charge is 0.339 e. The molecule has 1 aromatic heterocycles.